The number of halogens is 5. The SMILES string of the molecule is Br.FC(F)c1ccc(C(F)F)cc1. The fourth-order valence-electron chi connectivity index (χ4n) is 0.787. The Morgan fingerprint density at radius 2 is 0.923 bits per heavy atom. The van der Waals surface area contributed by atoms with Gasteiger partial charge in [-0.25, -0.2) is 17.6 Å². The van der Waals surface area contributed by atoms with Crippen LogP contribution in [0.5, 0.6) is 0 Å². The van der Waals surface area contributed by atoms with Gasteiger partial charge in [-0.2, -0.15) is 0 Å². The van der Waals surface area contributed by atoms with Crippen molar-refractivity contribution < 1.29 is 17.6 Å². The lowest BCUT2D eigenvalue weighted by Crippen LogP contribution is -1.87. The van der Waals surface area contributed by atoms with E-state index < -0.39 is 12.9 Å². The van der Waals surface area contributed by atoms with Crippen LogP contribution in [0, 0.1) is 0 Å². The van der Waals surface area contributed by atoms with Gasteiger partial charge in [0, 0.05) is 11.1 Å². The van der Waals surface area contributed by atoms with E-state index >= 15 is 0 Å². The highest BCUT2D eigenvalue weighted by Gasteiger charge is 2.09. The fourth-order valence-corrected chi connectivity index (χ4v) is 0.787. The van der Waals surface area contributed by atoms with Gasteiger partial charge < -0.3 is 0 Å². The van der Waals surface area contributed by atoms with Crippen molar-refractivity contribution in [3.63, 3.8) is 0 Å². The van der Waals surface area contributed by atoms with Gasteiger partial charge in [0.25, 0.3) is 12.9 Å². The molecule has 0 spiro atoms. The van der Waals surface area contributed by atoms with Gasteiger partial charge in [-0.15, -0.1) is 17.0 Å². The van der Waals surface area contributed by atoms with Crippen molar-refractivity contribution in [2.75, 3.05) is 0 Å². The zero-order valence-electron chi connectivity index (χ0n) is 6.38. The monoisotopic (exact) mass is 258 g/mol. The Morgan fingerprint density at radius 3 is 1.08 bits per heavy atom. The lowest BCUT2D eigenvalue weighted by Gasteiger charge is -2.01. The molecular formula is C8H7BrF4. The molecule has 1 aromatic carbocycles. The van der Waals surface area contributed by atoms with Crippen LogP contribution in [-0.2, 0) is 0 Å². The second kappa shape index (κ2) is 5.21. The van der Waals surface area contributed by atoms with Crippen LogP contribution >= 0.6 is 17.0 Å². The highest BCUT2D eigenvalue weighted by Crippen LogP contribution is 2.23. The highest BCUT2D eigenvalue weighted by atomic mass is 79.9. The predicted octanol–water partition coefficient (Wildman–Crippen LogP) is 4.14. The summed E-state index contributed by atoms with van der Waals surface area (Å²) in [6, 6.07) is 4.02. The Hall–Kier alpha value is -0.580. The molecule has 0 unspecified atom stereocenters. The maximum atomic E-state index is 11.9. The molecule has 1 rings (SSSR count). The number of hydrogen-bond donors (Lipinski definition) is 0. The van der Waals surface area contributed by atoms with Crippen LogP contribution in [-0.4, -0.2) is 0 Å². The van der Waals surface area contributed by atoms with Gasteiger partial charge in [-0.1, -0.05) is 24.3 Å². The lowest BCUT2D eigenvalue weighted by atomic mass is 10.1. The van der Waals surface area contributed by atoms with E-state index in [1.807, 2.05) is 0 Å². The minimum atomic E-state index is -2.60. The van der Waals surface area contributed by atoms with Crippen LogP contribution in [0.4, 0.5) is 17.6 Å². The number of alkyl halides is 4. The Labute approximate surface area is 83.3 Å². The van der Waals surface area contributed by atoms with Crippen molar-refractivity contribution in [2.45, 2.75) is 12.9 Å². The average molecular weight is 259 g/mol. The predicted molar refractivity (Wildman–Crippen MR) is 46.7 cm³/mol. The van der Waals surface area contributed by atoms with E-state index in [9.17, 15) is 17.6 Å². The first kappa shape index (κ1) is 12.4. The summed E-state index contributed by atoms with van der Waals surface area (Å²) in [5.41, 5.74) is -0.473. The van der Waals surface area contributed by atoms with Crippen molar-refractivity contribution in [3.05, 3.63) is 35.4 Å². The third-order valence-electron chi connectivity index (χ3n) is 1.44. The quantitative estimate of drug-likeness (QED) is 0.700. The summed E-state index contributed by atoms with van der Waals surface area (Å²) in [6.45, 7) is 0. The van der Waals surface area contributed by atoms with Gasteiger partial charge >= 0.3 is 0 Å². The molecule has 74 valence electrons. The van der Waals surface area contributed by atoms with Gasteiger partial charge in [0.2, 0.25) is 0 Å². The molecule has 0 amide bonds. The van der Waals surface area contributed by atoms with Crippen molar-refractivity contribution in [1.29, 1.82) is 0 Å². The van der Waals surface area contributed by atoms with Gasteiger partial charge in [-0.05, 0) is 0 Å². The van der Waals surface area contributed by atoms with E-state index in [2.05, 4.69) is 0 Å². The van der Waals surface area contributed by atoms with Crippen LogP contribution in [0.2, 0.25) is 0 Å². The summed E-state index contributed by atoms with van der Waals surface area (Å²) in [4.78, 5) is 0. The zero-order valence-corrected chi connectivity index (χ0v) is 8.10. The van der Waals surface area contributed by atoms with Crippen LogP contribution in [0.3, 0.4) is 0 Å². The normalized spacial score (nSPS) is 10.3. The van der Waals surface area contributed by atoms with E-state index in [4.69, 9.17) is 0 Å². The molecule has 0 heterocycles. The molecule has 0 radical (unpaired) electrons. The summed E-state index contributed by atoms with van der Waals surface area (Å²) in [7, 11) is 0. The van der Waals surface area contributed by atoms with Crippen LogP contribution in [0.15, 0.2) is 24.3 Å². The Morgan fingerprint density at radius 1 is 0.692 bits per heavy atom. The first-order valence-corrected chi connectivity index (χ1v) is 3.27. The Bertz CT molecular complexity index is 218. The first-order valence-electron chi connectivity index (χ1n) is 3.27. The molecular weight excluding hydrogens is 252 g/mol. The number of hydrogen-bond acceptors (Lipinski definition) is 0. The minimum absolute atomic E-state index is 0. The number of benzene rings is 1. The van der Waals surface area contributed by atoms with Crippen molar-refractivity contribution >= 4 is 17.0 Å². The van der Waals surface area contributed by atoms with Gasteiger partial charge in [-0.3, -0.25) is 0 Å². The molecule has 0 fully saturated rings. The van der Waals surface area contributed by atoms with E-state index in [-0.39, 0.29) is 28.1 Å². The topological polar surface area (TPSA) is 0 Å². The van der Waals surface area contributed by atoms with Gasteiger partial charge in [0.05, 0.1) is 0 Å². The number of rotatable bonds is 2. The van der Waals surface area contributed by atoms with Crippen LogP contribution < -0.4 is 0 Å². The maximum Gasteiger partial charge on any atom is 0.263 e. The Kier molecular flexibility index (Phi) is 4.98. The van der Waals surface area contributed by atoms with E-state index in [0.717, 1.165) is 24.3 Å². The summed E-state index contributed by atoms with van der Waals surface area (Å²) in [5, 5.41) is 0. The largest absolute Gasteiger partial charge is 0.263 e. The average Bonchev–Trinajstić information content (AvgIpc) is 2.04. The summed E-state index contributed by atoms with van der Waals surface area (Å²) < 4.78 is 47.6. The third kappa shape index (κ3) is 3.34. The molecule has 1 aromatic rings. The molecule has 0 N–H and O–H groups in total. The summed E-state index contributed by atoms with van der Waals surface area (Å²) >= 11 is 0. The molecule has 0 atom stereocenters. The molecule has 0 bridgehead atoms. The highest BCUT2D eigenvalue weighted by molar-refractivity contribution is 8.93. The molecule has 0 nitrogen and oxygen atoms in total. The lowest BCUT2D eigenvalue weighted by molar-refractivity contribution is 0.147. The van der Waals surface area contributed by atoms with Crippen LogP contribution in [0.1, 0.15) is 24.0 Å². The molecule has 13 heavy (non-hydrogen) atoms. The maximum absolute atomic E-state index is 11.9. The minimum Gasteiger partial charge on any atom is -0.205 e. The summed E-state index contributed by atoms with van der Waals surface area (Å²) in [6.07, 6.45) is -5.20. The second-order valence-electron chi connectivity index (χ2n) is 2.27. The molecule has 0 aliphatic heterocycles. The fraction of sp³-hybridized carbons (Fsp3) is 0.250. The molecule has 0 saturated heterocycles. The van der Waals surface area contributed by atoms with E-state index in [0.29, 0.717) is 0 Å². The summed E-state index contributed by atoms with van der Waals surface area (Å²) in [5.74, 6) is 0. The first-order chi connectivity index (χ1) is 5.61. The van der Waals surface area contributed by atoms with Crippen LogP contribution in [0.25, 0.3) is 0 Å². The second-order valence-corrected chi connectivity index (χ2v) is 2.27. The molecule has 0 aliphatic carbocycles. The van der Waals surface area contributed by atoms with Crippen molar-refractivity contribution in [3.8, 4) is 0 Å². The smallest absolute Gasteiger partial charge is 0.205 e. The van der Waals surface area contributed by atoms with E-state index in [1.54, 1.807) is 0 Å². The van der Waals surface area contributed by atoms with E-state index in [1.165, 1.54) is 0 Å². The molecule has 0 aliphatic rings. The zero-order chi connectivity index (χ0) is 9.14. The standard InChI is InChI=1S/C8H6F4.BrH/c9-7(10)5-1-2-6(4-3-5)8(11)12;/h1-4,7-8H;1H. The van der Waals surface area contributed by atoms with Gasteiger partial charge in [0.1, 0.15) is 0 Å². The molecule has 5 heteroatoms. The Balaban J connectivity index is 0.00000144. The third-order valence-corrected chi connectivity index (χ3v) is 1.44. The molecule has 0 saturated carbocycles. The van der Waals surface area contributed by atoms with Crippen molar-refractivity contribution in [2.24, 2.45) is 0 Å². The van der Waals surface area contributed by atoms with Crippen molar-refractivity contribution in [1.82, 2.24) is 0 Å². The van der Waals surface area contributed by atoms with Gasteiger partial charge in [0.15, 0.2) is 0 Å². The molecule has 0 aromatic heterocycles.